The molecule has 0 aliphatic rings. The molecule has 0 aliphatic heterocycles. The first-order valence-electron chi connectivity index (χ1n) is 14.1. The van der Waals surface area contributed by atoms with E-state index in [9.17, 15) is 8.42 Å². The number of hydrogen-bond donors (Lipinski definition) is 2. The topological polar surface area (TPSA) is 114 Å². The molecule has 1 unspecified atom stereocenters. The van der Waals surface area contributed by atoms with Gasteiger partial charge in [-0.25, -0.2) is 8.37 Å². The van der Waals surface area contributed by atoms with Crippen LogP contribution in [0.2, 0.25) is 0 Å². The van der Waals surface area contributed by atoms with E-state index in [0.29, 0.717) is 6.54 Å². The van der Waals surface area contributed by atoms with Crippen molar-refractivity contribution < 1.29 is 16.8 Å². The van der Waals surface area contributed by atoms with Crippen molar-refractivity contribution in [1.29, 1.82) is 0 Å². The lowest BCUT2D eigenvalue weighted by Gasteiger charge is -2.33. The van der Waals surface area contributed by atoms with Crippen LogP contribution >= 0.6 is 0 Å². The molecule has 6 nitrogen and oxygen atoms in total. The van der Waals surface area contributed by atoms with Gasteiger partial charge in [0.1, 0.15) is 0 Å². The van der Waals surface area contributed by atoms with E-state index in [1.54, 1.807) is 6.92 Å². The fourth-order valence-electron chi connectivity index (χ4n) is 4.64. The van der Waals surface area contributed by atoms with Crippen LogP contribution in [0.15, 0.2) is 0 Å². The van der Waals surface area contributed by atoms with Crippen LogP contribution in [-0.2, 0) is 18.8 Å². The molecule has 0 radical (unpaired) electrons. The summed E-state index contributed by atoms with van der Waals surface area (Å²) in [6, 6.07) is 0. The largest absolute Gasteiger partial charge is 0.400 e. The van der Waals surface area contributed by atoms with Gasteiger partial charge in [-0.05, 0) is 52.5 Å². The molecule has 0 amide bonds. The van der Waals surface area contributed by atoms with Crippen LogP contribution < -0.4 is 11.9 Å². The van der Waals surface area contributed by atoms with Crippen molar-refractivity contribution in [2.75, 3.05) is 13.2 Å². The molecule has 0 saturated heterocycles. The molecule has 5 N–H and O–H groups in total. The molecule has 34 heavy (non-hydrogen) atoms. The SMILES string of the molecule is CCCCCCCCCCCCCCCCCCC(CCCN)C(C)(C)OS(=O)(=O)OCC.N. The molecular formula is C27H60N2O4S. The normalized spacial score (nSPS) is 13.1. The third-order valence-corrected chi connectivity index (χ3v) is 7.88. The van der Waals surface area contributed by atoms with E-state index < -0.39 is 16.0 Å². The van der Waals surface area contributed by atoms with Crippen LogP contribution in [0.5, 0.6) is 0 Å². The predicted octanol–water partition coefficient (Wildman–Crippen LogP) is 8.23. The van der Waals surface area contributed by atoms with Gasteiger partial charge in [-0.2, -0.15) is 8.42 Å². The Hall–Kier alpha value is -0.210. The zero-order chi connectivity index (χ0) is 24.8. The maximum atomic E-state index is 12.0. The Morgan fingerprint density at radius 2 is 1.06 bits per heavy atom. The number of hydrogen-bond acceptors (Lipinski definition) is 6. The quantitative estimate of drug-likeness (QED) is 0.120. The summed E-state index contributed by atoms with van der Waals surface area (Å²) in [6.45, 7) is 8.35. The summed E-state index contributed by atoms with van der Waals surface area (Å²) >= 11 is 0. The minimum Gasteiger partial charge on any atom is -0.344 e. The lowest BCUT2D eigenvalue weighted by atomic mass is 9.83. The van der Waals surface area contributed by atoms with E-state index in [2.05, 4.69) is 6.92 Å². The number of unbranched alkanes of at least 4 members (excludes halogenated alkanes) is 15. The molecule has 0 spiro atoms. The molecule has 0 saturated carbocycles. The van der Waals surface area contributed by atoms with E-state index in [1.807, 2.05) is 13.8 Å². The average molecular weight is 509 g/mol. The van der Waals surface area contributed by atoms with E-state index in [4.69, 9.17) is 14.1 Å². The summed E-state index contributed by atoms with van der Waals surface area (Å²) in [5.74, 6) is 0.155. The second-order valence-electron chi connectivity index (χ2n) is 10.2. The van der Waals surface area contributed by atoms with Gasteiger partial charge in [0, 0.05) is 0 Å². The van der Waals surface area contributed by atoms with Gasteiger partial charge < -0.3 is 11.9 Å². The zero-order valence-electron chi connectivity index (χ0n) is 23.3. The van der Waals surface area contributed by atoms with E-state index >= 15 is 0 Å². The summed E-state index contributed by atoms with van der Waals surface area (Å²) < 4.78 is 34.2. The molecule has 0 bridgehead atoms. The molecule has 7 heteroatoms. The molecule has 0 heterocycles. The first-order chi connectivity index (χ1) is 15.8. The summed E-state index contributed by atoms with van der Waals surface area (Å²) in [5, 5.41) is 0. The highest BCUT2D eigenvalue weighted by atomic mass is 32.3. The van der Waals surface area contributed by atoms with Crippen molar-refractivity contribution in [1.82, 2.24) is 6.15 Å². The first-order valence-corrected chi connectivity index (χ1v) is 15.4. The fourth-order valence-corrected chi connectivity index (χ4v) is 5.64. The lowest BCUT2D eigenvalue weighted by molar-refractivity contribution is 0.0229. The minimum atomic E-state index is -3.95. The zero-order valence-corrected chi connectivity index (χ0v) is 24.1. The Kier molecular flexibility index (Phi) is 24.5. The van der Waals surface area contributed by atoms with Crippen molar-refractivity contribution in [2.45, 2.75) is 155 Å². The summed E-state index contributed by atoms with van der Waals surface area (Å²) in [4.78, 5) is 0. The van der Waals surface area contributed by atoms with Crippen LogP contribution in [0, 0.1) is 5.92 Å². The Balaban J connectivity index is 0. The van der Waals surface area contributed by atoms with Gasteiger partial charge >= 0.3 is 10.4 Å². The highest BCUT2D eigenvalue weighted by Crippen LogP contribution is 2.32. The molecule has 1 atom stereocenters. The molecule has 0 rings (SSSR count). The highest BCUT2D eigenvalue weighted by molar-refractivity contribution is 7.81. The van der Waals surface area contributed by atoms with Gasteiger partial charge in [-0.3, -0.25) is 0 Å². The lowest BCUT2D eigenvalue weighted by Crippen LogP contribution is -2.37. The van der Waals surface area contributed by atoms with Crippen molar-refractivity contribution in [3.63, 3.8) is 0 Å². The molecule has 0 aliphatic carbocycles. The molecule has 0 fully saturated rings. The molecule has 0 aromatic carbocycles. The number of rotatable bonds is 25. The van der Waals surface area contributed by atoms with Crippen LogP contribution in [0.25, 0.3) is 0 Å². The Morgan fingerprint density at radius 1 is 0.676 bits per heavy atom. The molecular weight excluding hydrogens is 448 g/mol. The van der Waals surface area contributed by atoms with Crippen LogP contribution in [-0.4, -0.2) is 27.2 Å². The van der Waals surface area contributed by atoms with Gasteiger partial charge in [0.25, 0.3) is 0 Å². The maximum Gasteiger partial charge on any atom is 0.400 e. The predicted molar refractivity (Wildman–Crippen MR) is 147 cm³/mol. The number of nitrogens with two attached hydrogens (primary N) is 1. The van der Waals surface area contributed by atoms with Crippen LogP contribution in [0.4, 0.5) is 0 Å². The fraction of sp³-hybridized carbons (Fsp3) is 1.00. The highest BCUT2D eigenvalue weighted by Gasteiger charge is 2.35. The van der Waals surface area contributed by atoms with Crippen molar-refractivity contribution >= 4 is 10.4 Å². The van der Waals surface area contributed by atoms with Crippen molar-refractivity contribution in [3.8, 4) is 0 Å². The Bertz CT molecular complexity index is 527. The third-order valence-electron chi connectivity index (χ3n) is 6.73. The minimum absolute atomic E-state index is 0. The molecule has 208 valence electrons. The third kappa shape index (κ3) is 21.1. The van der Waals surface area contributed by atoms with Gasteiger partial charge in [0.15, 0.2) is 0 Å². The monoisotopic (exact) mass is 508 g/mol. The summed E-state index contributed by atoms with van der Waals surface area (Å²) in [5.41, 5.74) is 4.92. The van der Waals surface area contributed by atoms with Gasteiger partial charge in [0.05, 0.1) is 12.2 Å². The molecule has 0 aromatic rings. The maximum absolute atomic E-state index is 12.0. The smallest absolute Gasteiger partial charge is 0.344 e. The second-order valence-corrected chi connectivity index (χ2v) is 11.4. The second kappa shape index (κ2) is 23.2. The van der Waals surface area contributed by atoms with Crippen molar-refractivity contribution in [2.24, 2.45) is 11.7 Å². The van der Waals surface area contributed by atoms with Crippen LogP contribution in [0.3, 0.4) is 0 Å². The summed E-state index contributed by atoms with van der Waals surface area (Å²) in [6.07, 6.45) is 24.4. The van der Waals surface area contributed by atoms with Gasteiger partial charge in [0.2, 0.25) is 0 Å². The standard InChI is InChI=1S/C27H57NO4S.H3N/c1-5-7-8-9-10-11-12-13-14-15-16-17-18-19-20-21-23-26(24-22-25-28)27(3,4)32-33(29,30)31-6-2;/h26H,5-25,28H2,1-4H3;1H3. The van der Waals surface area contributed by atoms with Gasteiger partial charge in [-0.1, -0.05) is 110 Å². The summed E-state index contributed by atoms with van der Waals surface area (Å²) in [7, 11) is -3.95. The van der Waals surface area contributed by atoms with E-state index in [1.165, 1.54) is 96.3 Å². The van der Waals surface area contributed by atoms with Gasteiger partial charge in [-0.15, -0.1) is 0 Å². The first kappa shape index (κ1) is 35.9. The van der Waals surface area contributed by atoms with Crippen LogP contribution in [0.1, 0.15) is 150 Å². The Morgan fingerprint density at radius 3 is 1.44 bits per heavy atom. The van der Waals surface area contributed by atoms with Crippen molar-refractivity contribution in [3.05, 3.63) is 0 Å². The van der Waals surface area contributed by atoms with E-state index in [0.717, 1.165) is 25.7 Å². The average Bonchev–Trinajstić information content (AvgIpc) is 2.74. The Labute approximate surface area is 213 Å². The van der Waals surface area contributed by atoms with E-state index in [-0.39, 0.29) is 18.7 Å². The molecule has 0 aromatic heterocycles.